The van der Waals surface area contributed by atoms with Gasteiger partial charge in [-0.15, -0.1) is 0 Å². The minimum atomic E-state index is -3.36. The van der Waals surface area contributed by atoms with Crippen molar-refractivity contribution >= 4 is 20.9 Å². The molecule has 0 atom stereocenters. The fraction of sp³-hybridized carbons (Fsp3) is 0.500. The first kappa shape index (κ1) is 17.3. The van der Waals surface area contributed by atoms with Crippen LogP contribution in [0.4, 0.5) is 0 Å². The van der Waals surface area contributed by atoms with Gasteiger partial charge in [-0.05, 0) is 44.0 Å². The highest BCUT2D eigenvalue weighted by atomic mass is 32.2. The van der Waals surface area contributed by atoms with Crippen LogP contribution in [-0.4, -0.2) is 43.4 Å². The Bertz CT molecular complexity index is 780. The molecule has 1 N–H and O–H groups in total. The minimum absolute atomic E-state index is 0.0191. The Morgan fingerprint density at radius 2 is 1.96 bits per heavy atom. The molecule has 5 nitrogen and oxygen atoms in total. The van der Waals surface area contributed by atoms with Crippen molar-refractivity contribution in [2.45, 2.75) is 38.0 Å². The van der Waals surface area contributed by atoms with Crippen LogP contribution in [0.2, 0.25) is 0 Å². The number of piperidine rings is 1. The van der Waals surface area contributed by atoms with E-state index in [4.69, 9.17) is 0 Å². The van der Waals surface area contributed by atoms with Gasteiger partial charge in [0.2, 0.25) is 10.0 Å². The van der Waals surface area contributed by atoms with Crippen molar-refractivity contribution in [2.24, 2.45) is 0 Å². The molecule has 2 aromatic rings. The van der Waals surface area contributed by atoms with E-state index in [0.717, 1.165) is 48.8 Å². The molecule has 1 fully saturated rings. The number of aromatic nitrogens is 1. The summed E-state index contributed by atoms with van der Waals surface area (Å²) in [7, 11) is -3.36. The summed E-state index contributed by atoms with van der Waals surface area (Å²) >= 11 is 0. The van der Waals surface area contributed by atoms with Crippen LogP contribution in [0, 0.1) is 0 Å². The summed E-state index contributed by atoms with van der Waals surface area (Å²) in [5.41, 5.74) is 1.56. The van der Waals surface area contributed by atoms with Crippen LogP contribution in [0.15, 0.2) is 36.5 Å². The fourth-order valence-electron chi connectivity index (χ4n) is 3.43. The first-order chi connectivity index (χ1) is 11.6. The highest BCUT2D eigenvalue weighted by Gasteiger charge is 2.30. The number of fused-ring (bicyclic) bond motifs is 1. The van der Waals surface area contributed by atoms with Gasteiger partial charge in [0, 0.05) is 24.2 Å². The zero-order valence-electron chi connectivity index (χ0n) is 14.1. The molecule has 0 saturated carbocycles. The van der Waals surface area contributed by atoms with Crippen molar-refractivity contribution in [1.29, 1.82) is 0 Å². The molecule has 6 heteroatoms. The number of benzene rings is 1. The van der Waals surface area contributed by atoms with Crippen molar-refractivity contribution in [3.05, 3.63) is 42.1 Å². The lowest BCUT2D eigenvalue weighted by atomic mass is 10.1. The molecule has 0 radical (unpaired) electrons. The summed E-state index contributed by atoms with van der Waals surface area (Å²) in [5.74, 6) is 0.0191. The highest BCUT2D eigenvalue weighted by Crippen LogP contribution is 2.23. The van der Waals surface area contributed by atoms with Crippen molar-refractivity contribution in [3.63, 3.8) is 0 Å². The Morgan fingerprint density at radius 1 is 1.21 bits per heavy atom. The van der Waals surface area contributed by atoms with Gasteiger partial charge in [0.25, 0.3) is 0 Å². The number of nitrogens with zero attached hydrogens (tertiary/aromatic N) is 2. The number of hydrogen-bond donors (Lipinski definition) is 1. The van der Waals surface area contributed by atoms with Gasteiger partial charge in [-0.3, -0.25) is 4.98 Å². The number of para-hydroxylation sites is 1. The third-order valence-corrected chi connectivity index (χ3v) is 6.44. The second kappa shape index (κ2) is 7.59. The zero-order chi connectivity index (χ0) is 17.0. The van der Waals surface area contributed by atoms with Gasteiger partial charge in [-0.1, -0.05) is 31.2 Å². The zero-order valence-corrected chi connectivity index (χ0v) is 14.9. The summed E-state index contributed by atoms with van der Waals surface area (Å²) < 4.78 is 28.0. The largest absolute Gasteiger partial charge is 0.317 e. The molecule has 0 bridgehead atoms. The van der Waals surface area contributed by atoms with Crippen LogP contribution in [-0.2, 0) is 15.8 Å². The molecule has 0 spiro atoms. The Morgan fingerprint density at radius 3 is 2.71 bits per heavy atom. The summed E-state index contributed by atoms with van der Waals surface area (Å²) in [6.45, 7) is 4.39. The predicted molar refractivity (Wildman–Crippen MR) is 97.3 cm³/mol. The minimum Gasteiger partial charge on any atom is -0.317 e. The van der Waals surface area contributed by atoms with Gasteiger partial charge in [0.15, 0.2) is 0 Å². The molecule has 1 saturated heterocycles. The van der Waals surface area contributed by atoms with Crippen LogP contribution in [0.25, 0.3) is 10.9 Å². The van der Waals surface area contributed by atoms with E-state index < -0.39 is 10.0 Å². The van der Waals surface area contributed by atoms with E-state index in [1.165, 1.54) is 0 Å². The second-order valence-electron chi connectivity index (χ2n) is 6.34. The van der Waals surface area contributed by atoms with Gasteiger partial charge in [0.05, 0.1) is 11.3 Å². The molecule has 0 aliphatic carbocycles. The molecule has 1 aromatic heterocycles. The van der Waals surface area contributed by atoms with E-state index in [-0.39, 0.29) is 11.8 Å². The maximum Gasteiger partial charge on any atom is 0.218 e. The van der Waals surface area contributed by atoms with Crippen LogP contribution in [0.5, 0.6) is 0 Å². The first-order valence-corrected chi connectivity index (χ1v) is 10.3. The third-order valence-electron chi connectivity index (χ3n) is 4.57. The number of nitrogens with one attached hydrogen (secondary N) is 1. The first-order valence-electron chi connectivity index (χ1n) is 8.64. The third kappa shape index (κ3) is 3.77. The van der Waals surface area contributed by atoms with E-state index in [9.17, 15) is 8.42 Å². The van der Waals surface area contributed by atoms with Gasteiger partial charge in [0.1, 0.15) is 0 Å². The molecule has 24 heavy (non-hydrogen) atoms. The van der Waals surface area contributed by atoms with Crippen molar-refractivity contribution < 1.29 is 8.42 Å². The number of hydrogen-bond acceptors (Lipinski definition) is 4. The Balaban J connectivity index is 1.90. The summed E-state index contributed by atoms with van der Waals surface area (Å²) in [6.07, 6.45) is 4.31. The fourth-order valence-corrected chi connectivity index (χ4v) is 5.34. The number of pyridine rings is 1. The summed E-state index contributed by atoms with van der Waals surface area (Å²) in [5, 5.41) is 4.29. The predicted octanol–water partition coefficient (Wildman–Crippen LogP) is 2.53. The van der Waals surface area contributed by atoms with Gasteiger partial charge in [-0.2, -0.15) is 4.31 Å². The van der Waals surface area contributed by atoms with E-state index in [1.807, 2.05) is 37.3 Å². The average molecular weight is 347 g/mol. The summed E-state index contributed by atoms with van der Waals surface area (Å²) in [6, 6.07) is 9.70. The molecule has 130 valence electrons. The van der Waals surface area contributed by atoms with Crippen LogP contribution in [0.1, 0.15) is 31.7 Å². The second-order valence-corrected chi connectivity index (χ2v) is 8.26. The van der Waals surface area contributed by atoms with Crippen LogP contribution in [0.3, 0.4) is 0 Å². The van der Waals surface area contributed by atoms with Crippen molar-refractivity contribution in [2.75, 3.05) is 19.6 Å². The molecule has 1 aromatic carbocycles. The molecular weight excluding hydrogens is 322 g/mol. The average Bonchev–Trinajstić information content (AvgIpc) is 2.60. The quantitative estimate of drug-likeness (QED) is 0.872. The lowest BCUT2D eigenvalue weighted by Crippen LogP contribution is -2.46. The molecule has 0 unspecified atom stereocenters. The maximum absolute atomic E-state index is 13.1. The lowest BCUT2D eigenvalue weighted by molar-refractivity contribution is 0.262. The van der Waals surface area contributed by atoms with Crippen molar-refractivity contribution in [3.8, 4) is 0 Å². The molecular formula is C18H25N3O2S. The van der Waals surface area contributed by atoms with E-state index in [2.05, 4.69) is 10.3 Å². The molecule has 0 amide bonds. The van der Waals surface area contributed by atoms with E-state index in [0.29, 0.717) is 6.54 Å². The molecule has 1 aliphatic heterocycles. The van der Waals surface area contributed by atoms with Gasteiger partial charge in [-0.25, -0.2) is 8.42 Å². The summed E-state index contributed by atoms with van der Waals surface area (Å²) in [4.78, 5) is 4.39. The Hall–Kier alpha value is -1.50. The maximum atomic E-state index is 13.1. The van der Waals surface area contributed by atoms with Crippen molar-refractivity contribution in [1.82, 2.24) is 14.6 Å². The monoisotopic (exact) mass is 347 g/mol. The molecule has 2 heterocycles. The van der Waals surface area contributed by atoms with E-state index >= 15 is 0 Å². The molecule has 3 rings (SSSR count). The Kier molecular flexibility index (Phi) is 5.48. The van der Waals surface area contributed by atoms with Gasteiger partial charge < -0.3 is 5.32 Å². The smallest absolute Gasteiger partial charge is 0.218 e. The number of rotatable bonds is 6. The SMILES string of the molecule is CCCN(C1CCNCC1)S(=O)(=O)Cc1cccc2cccnc12. The lowest BCUT2D eigenvalue weighted by Gasteiger charge is -2.33. The number of sulfonamides is 1. The van der Waals surface area contributed by atoms with E-state index in [1.54, 1.807) is 10.5 Å². The van der Waals surface area contributed by atoms with Crippen LogP contribution < -0.4 is 5.32 Å². The highest BCUT2D eigenvalue weighted by molar-refractivity contribution is 7.88. The van der Waals surface area contributed by atoms with Crippen LogP contribution >= 0.6 is 0 Å². The normalized spacial score (nSPS) is 16.8. The topological polar surface area (TPSA) is 62.3 Å². The van der Waals surface area contributed by atoms with Gasteiger partial charge >= 0.3 is 0 Å². The standard InChI is InChI=1S/C18H25N3O2S/c1-2-13-21(17-8-11-19-12-9-17)24(22,23)14-16-6-3-5-15-7-4-10-20-18(15)16/h3-7,10,17,19H,2,8-9,11-14H2,1H3. The molecule has 1 aliphatic rings. The Labute approximate surface area is 144 Å².